The van der Waals surface area contributed by atoms with Gasteiger partial charge in [-0.15, -0.1) is 0 Å². The van der Waals surface area contributed by atoms with Gasteiger partial charge in [0.05, 0.1) is 0 Å². The Hall–Kier alpha value is -1.31. The third kappa shape index (κ3) is 2.87. The van der Waals surface area contributed by atoms with Crippen LogP contribution < -0.4 is 0 Å². The lowest BCUT2D eigenvalue weighted by Gasteiger charge is -2.30. The van der Waals surface area contributed by atoms with Gasteiger partial charge in [-0.3, -0.25) is 4.79 Å². The molecule has 1 aromatic carbocycles. The van der Waals surface area contributed by atoms with Crippen molar-refractivity contribution in [1.82, 2.24) is 4.90 Å². The predicted octanol–water partition coefficient (Wildman–Crippen LogP) is 3.12. The number of carbonyl (C=O) groups excluding carboxylic acids is 1. The third-order valence-electron chi connectivity index (χ3n) is 3.68. The molecule has 1 aromatic rings. The molecular formula is C15H21NO. The highest BCUT2D eigenvalue weighted by atomic mass is 16.2. The number of hydrogen-bond acceptors (Lipinski definition) is 1. The number of rotatable bonds is 2. The van der Waals surface area contributed by atoms with Crippen LogP contribution in [0.25, 0.3) is 0 Å². The first kappa shape index (κ1) is 12.2. The molecule has 2 rings (SSSR count). The number of hydrogen-bond donors (Lipinski definition) is 0. The van der Waals surface area contributed by atoms with E-state index in [1.807, 2.05) is 17.0 Å². The summed E-state index contributed by atoms with van der Waals surface area (Å²) >= 11 is 0. The minimum atomic E-state index is 0.194. The van der Waals surface area contributed by atoms with Crippen molar-refractivity contribution < 1.29 is 4.79 Å². The quantitative estimate of drug-likeness (QED) is 0.765. The molecule has 0 N–H and O–H groups in total. The lowest BCUT2D eigenvalue weighted by Crippen LogP contribution is -2.37. The summed E-state index contributed by atoms with van der Waals surface area (Å²) in [5, 5.41) is 0. The van der Waals surface area contributed by atoms with Gasteiger partial charge in [0.1, 0.15) is 0 Å². The highest BCUT2D eigenvalue weighted by Crippen LogP contribution is 2.18. The van der Waals surface area contributed by atoms with Crippen LogP contribution in [0.3, 0.4) is 0 Å². The van der Waals surface area contributed by atoms with E-state index in [0.717, 1.165) is 43.8 Å². The summed E-state index contributed by atoms with van der Waals surface area (Å²) in [4.78, 5) is 14.2. The minimum absolute atomic E-state index is 0.194. The maximum atomic E-state index is 12.2. The lowest BCUT2D eigenvalue weighted by atomic mass is 9.98. The number of nitrogens with zero attached hydrogens (tertiary/aromatic N) is 1. The molecule has 1 amide bonds. The number of piperidine rings is 1. The first-order valence-electron chi connectivity index (χ1n) is 6.59. The highest BCUT2D eigenvalue weighted by Gasteiger charge is 2.21. The molecule has 0 atom stereocenters. The second-order valence-corrected chi connectivity index (χ2v) is 5.03. The number of aryl methyl sites for hydroxylation is 1. The van der Waals surface area contributed by atoms with Crippen LogP contribution in [0, 0.1) is 5.92 Å². The normalized spacial score (nSPS) is 17.2. The predicted molar refractivity (Wildman–Crippen MR) is 70.1 cm³/mol. The summed E-state index contributed by atoms with van der Waals surface area (Å²) in [6.45, 7) is 6.21. The topological polar surface area (TPSA) is 20.3 Å². The number of amides is 1. The summed E-state index contributed by atoms with van der Waals surface area (Å²) in [6, 6.07) is 8.03. The Kier molecular flexibility index (Phi) is 3.82. The van der Waals surface area contributed by atoms with E-state index in [0.29, 0.717) is 0 Å². The molecule has 0 aromatic heterocycles. The Labute approximate surface area is 104 Å². The lowest BCUT2D eigenvalue weighted by molar-refractivity contribution is 0.0697. The number of carbonyl (C=O) groups is 1. The van der Waals surface area contributed by atoms with Gasteiger partial charge >= 0.3 is 0 Å². The molecule has 0 radical (unpaired) electrons. The average Bonchev–Trinajstić information content (AvgIpc) is 2.39. The largest absolute Gasteiger partial charge is 0.339 e. The van der Waals surface area contributed by atoms with Gasteiger partial charge in [0.2, 0.25) is 0 Å². The monoisotopic (exact) mass is 231 g/mol. The van der Waals surface area contributed by atoms with Crippen molar-refractivity contribution in [3.8, 4) is 0 Å². The van der Waals surface area contributed by atoms with E-state index in [-0.39, 0.29) is 5.91 Å². The van der Waals surface area contributed by atoms with Crippen LogP contribution >= 0.6 is 0 Å². The fourth-order valence-electron chi connectivity index (χ4n) is 2.28. The van der Waals surface area contributed by atoms with Gasteiger partial charge in [-0.25, -0.2) is 0 Å². The van der Waals surface area contributed by atoms with Gasteiger partial charge in [0.15, 0.2) is 0 Å². The molecule has 0 unspecified atom stereocenters. The van der Waals surface area contributed by atoms with Crippen molar-refractivity contribution in [2.24, 2.45) is 5.92 Å². The third-order valence-corrected chi connectivity index (χ3v) is 3.68. The summed E-state index contributed by atoms with van der Waals surface area (Å²) in [5.41, 5.74) is 2.12. The second-order valence-electron chi connectivity index (χ2n) is 5.03. The molecule has 0 spiro atoms. The molecule has 1 saturated heterocycles. The minimum Gasteiger partial charge on any atom is -0.339 e. The van der Waals surface area contributed by atoms with E-state index < -0.39 is 0 Å². The van der Waals surface area contributed by atoms with E-state index in [1.54, 1.807) is 0 Å². The summed E-state index contributed by atoms with van der Waals surface area (Å²) < 4.78 is 0. The fourth-order valence-corrected chi connectivity index (χ4v) is 2.28. The van der Waals surface area contributed by atoms with E-state index in [9.17, 15) is 4.79 Å². The van der Waals surface area contributed by atoms with Gasteiger partial charge < -0.3 is 4.90 Å². The molecule has 2 heteroatoms. The Bertz CT molecular complexity index is 374. The smallest absolute Gasteiger partial charge is 0.253 e. The van der Waals surface area contributed by atoms with Gasteiger partial charge in [-0.1, -0.05) is 26.0 Å². The zero-order valence-corrected chi connectivity index (χ0v) is 10.8. The van der Waals surface area contributed by atoms with Crippen LogP contribution in [-0.2, 0) is 6.42 Å². The first-order chi connectivity index (χ1) is 8.20. The van der Waals surface area contributed by atoms with E-state index in [4.69, 9.17) is 0 Å². The van der Waals surface area contributed by atoms with E-state index >= 15 is 0 Å². The summed E-state index contributed by atoms with van der Waals surface area (Å²) in [7, 11) is 0. The van der Waals surface area contributed by atoms with Crippen molar-refractivity contribution in [2.45, 2.75) is 33.1 Å². The van der Waals surface area contributed by atoms with Crippen LogP contribution in [-0.4, -0.2) is 23.9 Å². The summed E-state index contributed by atoms with van der Waals surface area (Å²) in [6.07, 6.45) is 3.30. The van der Waals surface area contributed by atoms with Crippen molar-refractivity contribution in [3.63, 3.8) is 0 Å². The zero-order valence-electron chi connectivity index (χ0n) is 10.8. The van der Waals surface area contributed by atoms with Crippen LogP contribution in [0.2, 0.25) is 0 Å². The Balaban J connectivity index is 2.03. The first-order valence-corrected chi connectivity index (χ1v) is 6.59. The second kappa shape index (κ2) is 5.35. The van der Waals surface area contributed by atoms with Crippen molar-refractivity contribution in [1.29, 1.82) is 0 Å². The zero-order chi connectivity index (χ0) is 12.3. The van der Waals surface area contributed by atoms with Gasteiger partial charge in [-0.05, 0) is 42.9 Å². The SMILES string of the molecule is CCc1ccc(C(=O)N2CCC(C)CC2)cc1. The van der Waals surface area contributed by atoms with Crippen LogP contribution in [0.1, 0.15) is 42.6 Å². The Morgan fingerprint density at radius 2 is 1.82 bits per heavy atom. The number of likely N-dealkylation sites (tertiary alicyclic amines) is 1. The molecule has 0 aliphatic carbocycles. The molecular weight excluding hydrogens is 210 g/mol. The standard InChI is InChI=1S/C15H21NO/c1-3-13-4-6-14(7-5-13)15(17)16-10-8-12(2)9-11-16/h4-7,12H,3,8-11H2,1-2H3. The molecule has 1 fully saturated rings. The average molecular weight is 231 g/mol. The number of benzene rings is 1. The molecule has 92 valence electrons. The van der Waals surface area contributed by atoms with Crippen molar-refractivity contribution in [3.05, 3.63) is 35.4 Å². The molecule has 17 heavy (non-hydrogen) atoms. The van der Waals surface area contributed by atoms with Gasteiger partial charge in [-0.2, -0.15) is 0 Å². The van der Waals surface area contributed by atoms with Crippen LogP contribution in [0.4, 0.5) is 0 Å². The maximum absolute atomic E-state index is 12.2. The molecule has 0 bridgehead atoms. The summed E-state index contributed by atoms with van der Waals surface area (Å²) in [5.74, 6) is 0.959. The van der Waals surface area contributed by atoms with Crippen molar-refractivity contribution in [2.75, 3.05) is 13.1 Å². The molecule has 1 heterocycles. The van der Waals surface area contributed by atoms with E-state index in [2.05, 4.69) is 26.0 Å². The fraction of sp³-hybridized carbons (Fsp3) is 0.533. The molecule has 2 nitrogen and oxygen atoms in total. The van der Waals surface area contributed by atoms with Crippen LogP contribution in [0.5, 0.6) is 0 Å². The van der Waals surface area contributed by atoms with Gasteiger partial charge in [0.25, 0.3) is 5.91 Å². The molecule has 1 aliphatic heterocycles. The van der Waals surface area contributed by atoms with E-state index in [1.165, 1.54) is 5.56 Å². The van der Waals surface area contributed by atoms with Gasteiger partial charge in [0, 0.05) is 18.7 Å². The van der Waals surface area contributed by atoms with Crippen LogP contribution in [0.15, 0.2) is 24.3 Å². The highest BCUT2D eigenvalue weighted by molar-refractivity contribution is 5.94. The molecule has 1 aliphatic rings. The Morgan fingerprint density at radius 3 is 2.35 bits per heavy atom. The molecule has 0 saturated carbocycles. The van der Waals surface area contributed by atoms with Crippen molar-refractivity contribution >= 4 is 5.91 Å². The maximum Gasteiger partial charge on any atom is 0.253 e. The Morgan fingerprint density at radius 1 is 1.24 bits per heavy atom.